The number of aliphatic carboxylic acids is 1. The van der Waals surface area contributed by atoms with E-state index >= 15 is 0 Å². The van der Waals surface area contributed by atoms with E-state index in [1.54, 1.807) is 19.1 Å². The van der Waals surface area contributed by atoms with Crippen LogP contribution in [0.25, 0.3) is 0 Å². The van der Waals surface area contributed by atoms with Crippen LogP contribution in [0.1, 0.15) is 30.1 Å². The summed E-state index contributed by atoms with van der Waals surface area (Å²) in [5, 5.41) is 9.23. The number of hydrogen-bond donors (Lipinski definition) is 1. The monoisotopic (exact) mass is 318 g/mol. The largest absolute Gasteiger partial charge is 0.480 e. The number of benzene rings is 1. The molecular weight excluding hydrogens is 296 g/mol. The zero-order chi connectivity index (χ0) is 16.4. The first-order chi connectivity index (χ1) is 11.1. The highest BCUT2D eigenvalue weighted by Crippen LogP contribution is 2.30. The van der Waals surface area contributed by atoms with E-state index in [0.717, 1.165) is 31.6 Å². The second kappa shape index (κ2) is 6.58. The van der Waals surface area contributed by atoms with Crippen molar-refractivity contribution in [3.8, 4) is 0 Å². The Morgan fingerprint density at radius 1 is 1.22 bits per heavy atom. The third kappa shape index (κ3) is 3.47. The molecule has 1 N–H and O–H groups in total. The van der Waals surface area contributed by atoms with Gasteiger partial charge in [0.15, 0.2) is 0 Å². The first-order valence-corrected chi connectivity index (χ1v) is 8.06. The van der Waals surface area contributed by atoms with E-state index in [1.165, 1.54) is 4.90 Å². The molecule has 6 heteroatoms. The van der Waals surface area contributed by atoms with E-state index in [2.05, 4.69) is 4.90 Å². The third-order valence-electron chi connectivity index (χ3n) is 4.44. The van der Waals surface area contributed by atoms with Crippen LogP contribution in [0.4, 0.5) is 5.69 Å². The Balaban J connectivity index is 1.74. The lowest BCUT2D eigenvalue weighted by molar-refractivity contribution is -0.141. The number of amides is 1. The first kappa shape index (κ1) is 15.8. The number of carboxylic acids is 1. The second-order valence-electron chi connectivity index (χ2n) is 6.10. The van der Waals surface area contributed by atoms with E-state index in [1.807, 2.05) is 12.1 Å². The quantitative estimate of drug-likeness (QED) is 0.893. The lowest BCUT2D eigenvalue weighted by atomic mass is 10.1. The van der Waals surface area contributed by atoms with Crippen molar-refractivity contribution in [1.82, 2.24) is 4.90 Å². The van der Waals surface area contributed by atoms with Gasteiger partial charge < -0.3 is 19.6 Å². The molecule has 1 saturated heterocycles. The molecule has 2 aliphatic rings. The topological polar surface area (TPSA) is 70.1 Å². The lowest BCUT2D eigenvalue weighted by Crippen LogP contribution is -2.44. The molecule has 6 nitrogen and oxygen atoms in total. The standard InChI is InChI=1S/C17H22N2O4/c1-12(17(21)22)19(15-6-7-15)16(20)13-2-4-14(5-3-13)18-8-10-23-11-9-18/h2-5,12,15H,6-11H2,1H3,(H,21,22). The van der Waals surface area contributed by atoms with Crippen molar-refractivity contribution in [2.75, 3.05) is 31.2 Å². The zero-order valence-electron chi connectivity index (χ0n) is 13.3. The number of carboxylic acid groups (broad SMARTS) is 1. The van der Waals surface area contributed by atoms with Crippen molar-refractivity contribution >= 4 is 17.6 Å². The molecule has 124 valence electrons. The molecule has 1 unspecified atom stereocenters. The summed E-state index contributed by atoms with van der Waals surface area (Å²) in [6, 6.07) is 6.69. The average molecular weight is 318 g/mol. The molecule has 1 amide bonds. The molecule has 1 aromatic rings. The molecule has 1 heterocycles. The Bertz CT molecular complexity index is 577. The minimum atomic E-state index is -0.963. The fourth-order valence-corrected chi connectivity index (χ4v) is 2.92. The molecule has 1 atom stereocenters. The minimum absolute atomic E-state index is 0.0625. The van der Waals surface area contributed by atoms with Gasteiger partial charge in [-0.15, -0.1) is 0 Å². The van der Waals surface area contributed by atoms with Crippen molar-refractivity contribution in [3.05, 3.63) is 29.8 Å². The first-order valence-electron chi connectivity index (χ1n) is 8.06. The molecule has 23 heavy (non-hydrogen) atoms. The van der Waals surface area contributed by atoms with Crippen LogP contribution >= 0.6 is 0 Å². The second-order valence-corrected chi connectivity index (χ2v) is 6.10. The summed E-state index contributed by atoms with van der Waals surface area (Å²) >= 11 is 0. The molecule has 0 bridgehead atoms. The maximum Gasteiger partial charge on any atom is 0.326 e. The van der Waals surface area contributed by atoms with Gasteiger partial charge in [0.25, 0.3) is 5.91 Å². The highest BCUT2D eigenvalue weighted by molar-refractivity contribution is 5.97. The number of carbonyl (C=O) groups excluding carboxylic acids is 1. The molecule has 1 aliphatic carbocycles. The number of anilines is 1. The van der Waals surface area contributed by atoms with Gasteiger partial charge in [-0.2, -0.15) is 0 Å². The summed E-state index contributed by atoms with van der Waals surface area (Å²) in [5.74, 6) is -1.16. The highest BCUT2D eigenvalue weighted by atomic mass is 16.5. The van der Waals surface area contributed by atoms with Crippen LogP contribution in [0, 0.1) is 0 Å². The van der Waals surface area contributed by atoms with E-state index in [4.69, 9.17) is 4.74 Å². The van der Waals surface area contributed by atoms with Crippen molar-refractivity contribution in [2.24, 2.45) is 0 Å². The van der Waals surface area contributed by atoms with Gasteiger partial charge in [0.05, 0.1) is 13.2 Å². The molecule has 2 fully saturated rings. The fraction of sp³-hybridized carbons (Fsp3) is 0.529. The number of carbonyl (C=O) groups is 2. The molecular formula is C17H22N2O4. The normalized spacial score (nSPS) is 19.3. The van der Waals surface area contributed by atoms with Crippen LogP contribution in [0.3, 0.4) is 0 Å². The predicted octanol–water partition coefficient (Wildman–Crippen LogP) is 1.60. The Kier molecular flexibility index (Phi) is 4.52. The van der Waals surface area contributed by atoms with Crippen LogP contribution in [-0.4, -0.2) is 60.3 Å². The van der Waals surface area contributed by atoms with Gasteiger partial charge in [-0.3, -0.25) is 4.79 Å². The van der Waals surface area contributed by atoms with Crippen molar-refractivity contribution < 1.29 is 19.4 Å². The minimum Gasteiger partial charge on any atom is -0.480 e. The molecule has 0 aromatic heterocycles. The van der Waals surface area contributed by atoms with Crippen LogP contribution in [-0.2, 0) is 9.53 Å². The fourth-order valence-electron chi connectivity index (χ4n) is 2.92. The summed E-state index contributed by atoms with van der Waals surface area (Å²) < 4.78 is 5.34. The van der Waals surface area contributed by atoms with Gasteiger partial charge in [0.1, 0.15) is 6.04 Å². The molecule has 3 rings (SSSR count). The van der Waals surface area contributed by atoms with Crippen molar-refractivity contribution in [3.63, 3.8) is 0 Å². The number of ether oxygens (including phenoxy) is 1. The van der Waals surface area contributed by atoms with Crippen molar-refractivity contribution in [1.29, 1.82) is 0 Å². The maximum absolute atomic E-state index is 12.7. The van der Waals surface area contributed by atoms with E-state index in [0.29, 0.717) is 18.8 Å². The average Bonchev–Trinajstić information content (AvgIpc) is 3.40. The van der Waals surface area contributed by atoms with Crippen LogP contribution in [0.5, 0.6) is 0 Å². The van der Waals surface area contributed by atoms with Gasteiger partial charge in [-0.1, -0.05) is 0 Å². The zero-order valence-corrected chi connectivity index (χ0v) is 13.3. The maximum atomic E-state index is 12.7. The molecule has 1 aliphatic heterocycles. The number of rotatable bonds is 5. The number of morpholine rings is 1. The summed E-state index contributed by atoms with van der Waals surface area (Å²) in [6.45, 7) is 4.69. The summed E-state index contributed by atoms with van der Waals surface area (Å²) in [6.07, 6.45) is 1.77. The van der Waals surface area contributed by atoms with Gasteiger partial charge in [0, 0.05) is 30.4 Å². The molecule has 1 aromatic carbocycles. The van der Waals surface area contributed by atoms with Gasteiger partial charge in [0.2, 0.25) is 0 Å². The number of nitrogens with zero attached hydrogens (tertiary/aromatic N) is 2. The van der Waals surface area contributed by atoms with Gasteiger partial charge in [-0.05, 0) is 44.0 Å². The number of hydrogen-bond acceptors (Lipinski definition) is 4. The van der Waals surface area contributed by atoms with Crippen molar-refractivity contribution in [2.45, 2.75) is 31.8 Å². The Morgan fingerprint density at radius 3 is 2.35 bits per heavy atom. The SMILES string of the molecule is CC(C(=O)O)N(C(=O)c1ccc(N2CCOCC2)cc1)C1CC1. The van der Waals surface area contributed by atoms with E-state index in [-0.39, 0.29) is 11.9 Å². The molecule has 0 spiro atoms. The van der Waals surface area contributed by atoms with E-state index in [9.17, 15) is 14.7 Å². The smallest absolute Gasteiger partial charge is 0.326 e. The summed E-state index contributed by atoms with van der Waals surface area (Å²) in [7, 11) is 0. The van der Waals surface area contributed by atoms with Crippen LogP contribution in [0.15, 0.2) is 24.3 Å². The third-order valence-corrected chi connectivity index (χ3v) is 4.44. The van der Waals surface area contributed by atoms with Crippen LogP contribution < -0.4 is 4.90 Å². The Morgan fingerprint density at radius 2 is 1.83 bits per heavy atom. The summed E-state index contributed by atoms with van der Waals surface area (Å²) in [5.41, 5.74) is 1.61. The Labute approximate surface area is 135 Å². The van der Waals surface area contributed by atoms with E-state index < -0.39 is 12.0 Å². The predicted molar refractivity (Wildman–Crippen MR) is 85.8 cm³/mol. The summed E-state index contributed by atoms with van der Waals surface area (Å²) in [4.78, 5) is 27.7. The highest BCUT2D eigenvalue weighted by Gasteiger charge is 2.38. The lowest BCUT2D eigenvalue weighted by Gasteiger charge is -2.29. The molecule has 1 saturated carbocycles. The van der Waals surface area contributed by atoms with Crippen LogP contribution in [0.2, 0.25) is 0 Å². The molecule has 0 radical (unpaired) electrons. The van der Waals surface area contributed by atoms with Gasteiger partial charge in [-0.25, -0.2) is 4.79 Å². The van der Waals surface area contributed by atoms with Gasteiger partial charge >= 0.3 is 5.97 Å². The Hall–Kier alpha value is -2.08.